The Bertz CT molecular complexity index is 1720. The van der Waals surface area contributed by atoms with Crippen molar-refractivity contribution in [2.75, 3.05) is 0 Å². The van der Waals surface area contributed by atoms with Crippen molar-refractivity contribution >= 4 is 33.0 Å². The number of nitrogens with zero attached hydrogens (tertiary/aromatic N) is 1. The first kappa shape index (κ1) is 22.6. The second kappa shape index (κ2) is 7.83. The lowest BCUT2D eigenvalue weighted by atomic mass is 9.79. The van der Waals surface area contributed by atoms with Gasteiger partial charge in [0.1, 0.15) is 22.4 Å². The maximum absolute atomic E-state index is 6.33. The lowest BCUT2D eigenvalue weighted by Gasteiger charge is -2.26. The molecule has 3 aromatic carbocycles. The number of hydrogen-bond acceptors (Lipinski definition) is 3. The Morgan fingerprint density at radius 3 is 2.03 bits per heavy atom. The number of hydrogen-bond donors (Lipinski definition) is 0. The number of rotatable bonds is 2. The summed E-state index contributed by atoms with van der Waals surface area (Å²) in [4.78, 5) is 5.00. The molecule has 6 rings (SSSR count). The van der Waals surface area contributed by atoms with Gasteiger partial charge >= 0.3 is 0 Å². The predicted molar refractivity (Wildman–Crippen MR) is 150 cm³/mol. The Morgan fingerprint density at radius 1 is 0.611 bits per heavy atom. The summed E-state index contributed by atoms with van der Waals surface area (Å²) in [6, 6.07) is 27.3. The molecule has 0 saturated heterocycles. The molecule has 0 atom stereocenters. The highest BCUT2D eigenvalue weighted by Crippen LogP contribution is 2.38. The van der Waals surface area contributed by atoms with Gasteiger partial charge in [0.25, 0.3) is 0 Å². The highest BCUT2D eigenvalue weighted by atomic mass is 16.3. The van der Waals surface area contributed by atoms with E-state index in [4.69, 9.17) is 13.8 Å². The van der Waals surface area contributed by atoms with E-state index in [-0.39, 0.29) is 10.8 Å². The lowest BCUT2D eigenvalue weighted by molar-refractivity contribution is 0.567. The average Bonchev–Trinajstić information content (AvgIpc) is 3.43. The van der Waals surface area contributed by atoms with Crippen LogP contribution in [0.5, 0.6) is 0 Å². The van der Waals surface area contributed by atoms with E-state index in [1.165, 1.54) is 11.1 Å². The van der Waals surface area contributed by atoms with Crippen LogP contribution in [0.25, 0.3) is 55.6 Å². The van der Waals surface area contributed by atoms with Gasteiger partial charge < -0.3 is 8.83 Å². The quantitative estimate of drug-likeness (QED) is 0.251. The normalized spacial score (nSPS) is 12.7. The number of aromatic nitrogens is 1. The van der Waals surface area contributed by atoms with Gasteiger partial charge in [-0.1, -0.05) is 77.9 Å². The van der Waals surface area contributed by atoms with E-state index in [0.29, 0.717) is 0 Å². The number of furan rings is 2. The fourth-order valence-electron chi connectivity index (χ4n) is 4.80. The van der Waals surface area contributed by atoms with Crippen molar-refractivity contribution in [3.05, 3.63) is 90.0 Å². The second-order valence-corrected chi connectivity index (χ2v) is 11.8. The fourth-order valence-corrected chi connectivity index (χ4v) is 4.80. The van der Waals surface area contributed by atoms with Gasteiger partial charge in [-0.3, -0.25) is 0 Å². The number of benzene rings is 3. The molecule has 0 bridgehead atoms. The predicted octanol–water partition coefficient (Wildman–Crippen LogP) is 9.66. The maximum atomic E-state index is 6.33. The molecule has 0 aliphatic heterocycles. The minimum atomic E-state index is 0.0404. The highest BCUT2D eigenvalue weighted by Gasteiger charge is 2.22. The molecule has 0 unspecified atom stereocenters. The van der Waals surface area contributed by atoms with Crippen molar-refractivity contribution in [3.8, 4) is 22.6 Å². The fraction of sp³-hybridized carbons (Fsp3) is 0.242. The molecule has 0 aliphatic rings. The lowest BCUT2D eigenvalue weighted by Crippen LogP contribution is -2.16. The third kappa shape index (κ3) is 3.80. The summed E-state index contributed by atoms with van der Waals surface area (Å²) in [5, 5.41) is 2.22. The van der Waals surface area contributed by atoms with Crippen LogP contribution in [0.15, 0.2) is 87.7 Å². The van der Waals surface area contributed by atoms with Gasteiger partial charge in [0.2, 0.25) is 0 Å². The minimum absolute atomic E-state index is 0.0404. The van der Waals surface area contributed by atoms with Crippen LogP contribution in [0.1, 0.15) is 52.7 Å². The first-order chi connectivity index (χ1) is 17.1. The molecule has 0 spiro atoms. The van der Waals surface area contributed by atoms with Gasteiger partial charge in [-0.15, -0.1) is 0 Å². The Morgan fingerprint density at radius 2 is 1.31 bits per heavy atom. The highest BCUT2D eigenvalue weighted by molar-refractivity contribution is 6.09. The molecule has 0 saturated carbocycles. The molecule has 0 aliphatic carbocycles. The van der Waals surface area contributed by atoms with Crippen LogP contribution in [-0.4, -0.2) is 4.98 Å². The Labute approximate surface area is 211 Å². The van der Waals surface area contributed by atoms with Crippen molar-refractivity contribution in [2.45, 2.75) is 52.4 Å². The maximum Gasteiger partial charge on any atom is 0.153 e. The van der Waals surface area contributed by atoms with E-state index in [1.807, 2.05) is 30.3 Å². The summed E-state index contributed by atoms with van der Waals surface area (Å²) in [7, 11) is 0. The van der Waals surface area contributed by atoms with Gasteiger partial charge in [-0.2, -0.15) is 0 Å². The second-order valence-electron chi connectivity index (χ2n) is 11.8. The van der Waals surface area contributed by atoms with E-state index in [1.54, 1.807) is 0 Å². The summed E-state index contributed by atoms with van der Waals surface area (Å²) >= 11 is 0. The molecule has 0 radical (unpaired) electrons. The smallest absolute Gasteiger partial charge is 0.153 e. The van der Waals surface area contributed by atoms with Crippen LogP contribution < -0.4 is 0 Å². The zero-order chi connectivity index (χ0) is 25.2. The van der Waals surface area contributed by atoms with Crippen LogP contribution in [0, 0.1) is 0 Å². The van der Waals surface area contributed by atoms with Crippen LogP contribution >= 0.6 is 0 Å². The summed E-state index contributed by atoms with van der Waals surface area (Å²) in [5.41, 5.74) is 9.01. The van der Waals surface area contributed by atoms with Crippen LogP contribution in [0.2, 0.25) is 0 Å². The molecule has 0 fully saturated rings. The molecule has 3 heterocycles. The van der Waals surface area contributed by atoms with Gasteiger partial charge in [-0.25, -0.2) is 4.98 Å². The number of pyridine rings is 1. The molecule has 3 nitrogen and oxygen atoms in total. The van der Waals surface area contributed by atoms with Gasteiger partial charge in [0.05, 0.1) is 5.69 Å². The van der Waals surface area contributed by atoms with Crippen LogP contribution in [0.3, 0.4) is 0 Å². The zero-order valence-electron chi connectivity index (χ0n) is 21.8. The molecule has 3 heteroatoms. The molecule has 3 aromatic heterocycles. The average molecular weight is 474 g/mol. The molecule has 36 heavy (non-hydrogen) atoms. The Hall–Kier alpha value is -3.85. The molecular formula is C33H31NO2. The van der Waals surface area contributed by atoms with Crippen molar-refractivity contribution in [1.82, 2.24) is 4.98 Å². The van der Waals surface area contributed by atoms with Gasteiger partial charge in [0.15, 0.2) is 5.58 Å². The van der Waals surface area contributed by atoms with E-state index >= 15 is 0 Å². The summed E-state index contributed by atoms with van der Waals surface area (Å²) < 4.78 is 12.6. The van der Waals surface area contributed by atoms with Crippen molar-refractivity contribution < 1.29 is 8.83 Å². The Balaban J connectivity index is 1.49. The van der Waals surface area contributed by atoms with E-state index in [0.717, 1.165) is 55.6 Å². The third-order valence-electron chi connectivity index (χ3n) is 7.00. The van der Waals surface area contributed by atoms with Crippen molar-refractivity contribution in [3.63, 3.8) is 0 Å². The zero-order valence-corrected chi connectivity index (χ0v) is 21.8. The number of fused-ring (bicyclic) bond motifs is 4. The van der Waals surface area contributed by atoms with Crippen molar-refractivity contribution in [2.24, 2.45) is 0 Å². The summed E-state index contributed by atoms with van der Waals surface area (Å²) in [6.07, 6.45) is 0. The van der Waals surface area contributed by atoms with E-state index < -0.39 is 0 Å². The van der Waals surface area contributed by atoms with E-state index in [2.05, 4.69) is 90.1 Å². The molecule has 0 amide bonds. The van der Waals surface area contributed by atoms with Crippen LogP contribution in [-0.2, 0) is 10.8 Å². The van der Waals surface area contributed by atoms with Gasteiger partial charge in [0, 0.05) is 28.0 Å². The SMILES string of the molecule is CC(C)(C)c1cc(-c2cc3nc(-c4cccc5c4oc4ccccc45)ccc3o2)cc(C(C)(C)C)c1. The monoisotopic (exact) mass is 473 g/mol. The van der Waals surface area contributed by atoms with Crippen LogP contribution in [0.4, 0.5) is 0 Å². The van der Waals surface area contributed by atoms with Crippen molar-refractivity contribution in [1.29, 1.82) is 0 Å². The first-order valence-electron chi connectivity index (χ1n) is 12.6. The topological polar surface area (TPSA) is 39.2 Å². The molecule has 6 aromatic rings. The van der Waals surface area contributed by atoms with Gasteiger partial charge in [-0.05, 0) is 58.4 Å². The molecule has 0 N–H and O–H groups in total. The Kier molecular flexibility index (Phi) is 4.91. The third-order valence-corrected chi connectivity index (χ3v) is 7.00. The van der Waals surface area contributed by atoms with E-state index in [9.17, 15) is 0 Å². The number of para-hydroxylation sites is 2. The molecular weight excluding hydrogens is 442 g/mol. The summed E-state index contributed by atoms with van der Waals surface area (Å²) in [5.74, 6) is 0.841. The first-order valence-corrected chi connectivity index (χ1v) is 12.6. The largest absolute Gasteiger partial charge is 0.455 e. The summed E-state index contributed by atoms with van der Waals surface area (Å²) in [6.45, 7) is 13.5. The minimum Gasteiger partial charge on any atom is -0.455 e. The standard InChI is InChI=1S/C33H31NO2/c1-32(2,3)21-16-20(17-22(18-21)33(4,5)6)30-19-27-29(35-30)15-14-26(34-27)25-12-9-11-24-23-10-7-8-13-28(23)36-31(24)25/h7-19H,1-6H3. The molecule has 180 valence electrons.